The van der Waals surface area contributed by atoms with Gasteiger partial charge >= 0.3 is 6.01 Å². The van der Waals surface area contributed by atoms with Gasteiger partial charge in [-0.05, 0) is 43.1 Å². The average Bonchev–Trinajstić information content (AvgIpc) is 3.28. The van der Waals surface area contributed by atoms with Crippen LogP contribution in [0.15, 0.2) is 24.4 Å². The van der Waals surface area contributed by atoms with E-state index in [9.17, 15) is 4.39 Å². The number of aryl methyl sites for hydroxylation is 1. The fraction of sp³-hybridized carbons (Fsp3) is 0.542. The third kappa shape index (κ3) is 4.79. The topological polar surface area (TPSA) is 77.3 Å². The van der Waals surface area contributed by atoms with Crippen LogP contribution in [0.1, 0.15) is 37.3 Å². The number of nitrogens with one attached hydrogen (secondary N) is 1. The number of benzene rings is 1. The molecule has 0 bridgehead atoms. The molecule has 0 saturated carbocycles. The smallest absolute Gasteiger partial charge is 0.320 e. The SMILES string of the molecule is CC.COc1nc(N2CCOCC2)cc(-n2ncc3cc(C)c(C4CCNCC4F)cc32)n1. The Kier molecular flexibility index (Phi) is 7.39. The molecule has 0 radical (unpaired) electrons. The maximum absolute atomic E-state index is 14.7. The van der Waals surface area contributed by atoms with Crippen molar-refractivity contribution < 1.29 is 13.9 Å². The van der Waals surface area contributed by atoms with Gasteiger partial charge in [0.1, 0.15) is 12.0 Å². The molecular formula is C24H33FN6O2. The summed E-state index contributed by atoms with van der Waals surface area (Å²) in [4.78, 5) is 11.2. The van der Waals surface area contributed by atoms with Gasteiger partial charge in [-0.15, -0.1) is 0 Å². The Balaban J connectivity index is 0.00000126. The molecule has 4 heterocycles. The lowest BCUT2D eigenvalue weighted by atomic mass is 9.85. The van der Waals surface area contributed by atoms with Gasteiger partial charge < -0.3 is 19.7 Å². The highest BCUT2D eigenvalue weighted by molar-refractivity contribution is 5.82. The number of rotatable bonds is 4. The number of halogens is 1. The molecule has 0 aliphatic carbocycles. The van der Waals surface area contributed by atoms with Crippen LogP contribution in [0.2, 0.25) is 0 Å². The fourth-order valence-electron chi connectivity index (χ4n) is 4.51. The highest BCUT2D eigenvalue weighted by Gasteiger charge is 2.28. The first-order valence-electron chi connectivity index (χ1n) is 11.7. The van der Waals surface area contributed by atoms with Crippen molar-refractivity contribution in [1.82, 2.24) is 25.1 Å². The van der Waals surface area contributed by atoms with E-state index < -0.39 is 6.17 Å². The normalized spacial score (nSPS) is 20.9. The van der Waals surface area contributed by atoms with Crippen LogP contribution >= 0.6 is 0 Å². The summed E-state index contributed by atoms with van der Waals surface area (Å²) in [5.41, 5.74) is 3.04. The number of alkyl halides is 1. The van der Waals surface area contributed by atoms with Crippen LogP contribution in [0, 0.1) is 6.92 Å². The Morgan fingerprint density at radius 3 is 2.61 bits per heavy atom. The Bertz CT molecular complexity index is 1080. The highest BCUT2D eigenvalue weighted by atomic mass is 19.1. The summed E-state index contributed by atoms with van der Waals surface area (Å²) in [6.45, 7) is 10.1. The van der Waals surface area contributed by atoms with Gasteiger partial charge in [-0.3, -0.25) is 0 Å². The van der Waals surface area contributed by atoms with E-state index in [1.807, 2.05) is 33.0 Å². The van der Waals surface area contributed by atoms with Crippen LogP contribution in [0.5, 0.6) is 6.01 Å². The first-order valence-corrected chi connectivity index (χ1v) is 11.7. The summed E-state index contributed by atoms with van der Waals surface area (Å²) < 4.78 is 27.3. The number of hydrogen-bond acceptors (Lipinski definition) is 7. The molecular weight excluding hydrogens is 423 g/mol. The number of nitrogens with zero attached hydrogens (tertiary/aromatic N) is 5. The van der Waals surface area contributed by atoms with Crippen molar-refractivity contribution in [2.75, 3.05) is 51.4 Å². The van der Waals surface area contributed by atoms with E-state index in [-0.39, 0.29) is 11.9 Å². The minimum Gasteiger partial charge on any atom is -0.467 e. The molecule has 9 heteroatoms. The predicted molar refractivity (Wildman–Crippen MR) is 127 cm³/mol. The molecule has 1 aromatic carbocycles. The first kappa shape index (κ1) is 23.4. The summed E-state index contributed by atoms with van der Waals surface area (Å²) in [5, 5.41) is 8.73. The molecule has 2 aromatic heterocycles. The van der Waals surface area contributed by atoms with Crippen LogP contribution in [-0.4, -0.2) is 72.4 Å². The van der Waals surface area contributed by atoms with E-state index in [2.05, 4.69) is 37.4 Å². The van der Waals surface area contributed by atoms with Crippen molar-refractivity contribution in [3.8, 4) is 11.8 Å². The second-order valence-corrected chi connectivity index (χ2v) is 8.11. The fourth-order valence-corrected chi connectivity index (χ4v) is 4.51. The number of hydrogen-bond donors (Lipinski definition) is 1. The summed E-state index contributed by atoms with van der Waals surface area (Å²) in [7, 11) is 1.56. The lowest BCUT2D eigenvalue weighted by Gasteiger charge is -2.28. The predicted octanol–water partition coefficient (Wildman–Crippen LogP) is 3.41. The van der Waals surface area contributed by atoms with E-state index in [4.69, 9.17) is 9.47 Å². The van der Waals surface area contributed by atoms with Crippen LogP contribution in [0.3, 0.4) is 0 Å². The minimum absolute atomic E-state index is 0.113. The Hall–Kier alpha value is -2.78. The third-order valence-corrected chi connectivity index (χ3v) is 6.18. The lowest BCUT2D eigenvalue weighted by molar-refractivity contribution is 0.122. The summed E-state index contributed by atoms with van der Waals surface area (Å²) in [6, 6.07) is 6.37. The Morgan fingerprint density at radius 2 is 1.88 bits per heavy atom. The van der Waals surface area contributed by atoms with Gasteiger partial charge in [0, 0.05) is 37.0 Å². The first-order chi connectivity index (χ1) is 16.1. The van der Waals surface area contributed by atoms with Crippen molar-refractivity contribution in [3.63, 3.8) is 0 Å². The highest BCUT2D eigenvalue weighted by Crippen LogP contribution is 2.33. The van der Waals surface area contributed by atoms with Gasteiger partial charge in [-0.1, -0.05) is 13.8 Å². The number of morpholine rings is 1. The summed E-state index contributed by atoms with van der Waals surface area (Å²) in [6.07, 6.45) is 1.71. The number of anilines is 1. The molecule has 8 nitrogen and oxygen atoms in total. The van der Waals surface area contributed by atoms with Gasteiger partial charge in [0.05, 0.1) is 32.0 Å². The zero-order chi connectivity index (χ0) is 23.4. The molecule has 3 aromatic rings. The van der Waals surface area contributed by atoms with E-state index in [1.165, 1.54) is 0 Å². The maximum Gasteiger partial charge on any atom is 0.320 e. The van der Waals surface area contributed by atoms with Crippen molar-refractivity contribution in [1.29, 1.82) is 0 Å². The van der Waals surface area contributed by atoms with Crippen molar-refractivity contribution in [2.45, 2.75) is 39.3 Å². The molecule has 2 aliphatic rings. The second kappa shape index (κ2) is 10.4. The van der Waals surface area contributed by atoms with Gasteiger partial charge in [0.2, 0.25) is 0 Å². The number of ether oxygens (including phenoxy) is 2. The van der Waals surface area contributed by atoms with E-state index in [0.717, 1.165) is 53.9 Å². The number of methoxy groups -OCH3 is 1. The number of aromatic nitrogens is 4. The quantitative estimate of drug-likeness (QED) is 0.645. The average molecular weight is 457 g/mol. The number of fused-ring (bicyclic) bond motifs is 1. The zero-order valence-corrected chi connectivity index (χ0v) is 19.8. The largest absolute Gasteiger partial charge is 0.467 e. The third-order valence-electron chi connectivity index (χ3n) is 6.18. The van der Waals surface area contributed by atoms with Crippen molar-refractivity contribution in [3.05, 3.63) is 35.5 Å². The van der Waals surface area contributed by atoms with Crippen LogP contribution in [-0.2, 0) is 4.74 Å². The monoisotopic (exact) mass is 456 g/mol. The van der Waals surface area contributed by atoms with Crippen molar-refractivity contribution in [2.24, 2.45) is 0 Å². The van der Waals surface area contributed by atoms with Gasteiger partial charge in [0.15, 0.2) is 5.82 Å². The van der Waals surface area contributed by atoms with Gasteiger partial charge in [0.25, 0.3) is 0 Å². The molecule has 2 aliphatic heterocycles. The lowest BCUT2D eigenvalue weighted by Crippen LogP contribution is -2.37. The maximum atomic E-state index is 14.7. The molecule has 2 atom stereocenters. The minimum atomic E-state index is -0.895. The molecule has 0 spiro atoms. The summed E-state index contributed by atoms with van der Waals surface area (Å²) in [5.74, 6) is 1.29. The molecule has 2 saturated heterocycles. The van der Waals surface area contributed by atoms with E-state index in [0.29, 0.717) is 25.6 Å². The summed E-state index contributed by atoms with van der Waals surface area (Å²) >= 11 is 0. The van der Waals surface area contributed by atoms with Gasteiger partial charge in [-0.2, -0.15) is 15.1 Å². The second-order valence-electron chi connectivity index (χ2n) is 8.11. The van der Waals surface area contributed by atoms with Crippen LogP contribution in [0.4, 0.5) is 10.2 Å². The zero-order valence-electron chi connectivity index (χ0n) is 19.8. The molecule has 0 amide bonds. The van der Waals surface area contributed by atoms with Gasteiger partial charge in [-0.25, -0.2) is 9.07 Å². The standard InChI is InChI=1S/C22H27FN6O2.C2H6/c1-14-9-15-12-25-29(19(15)10-17(14)16-3-4-24-13-18(16)23)21-11-20(26-22(27-21)30-2)28-5-7-31-8-6-28;1-2/h9-12,16,18,24H,3-8,13H2,1-2H3;1-2H3. The Morgan fingerprint density at radius 1 is 1.12 bits per heavy atom. The molecule has 1 N–H and O–H groups in total. The molecule has 178 valence electrons. The molecule has 33 heavy (non-hydrogen) atoms. The molecule has 5 rings (SSSR count). The van der Waals surface area contributed by atoms with E-state index >= 15 is 0 Å². The Labute approximate surface area is 194 Å². The molecule has 2 fully saturated rings. The van der Waals surface area contributed by atoms with E-state index in [1.54, 1.807) is 11.8 Å². The van der Waals surface area contributed by atoms with Crippen LogP contribution in [0.25, 0.3) is 16.7 Å². The van der Waals surface area contributed by atoms with Crippen LogP contribution < -0.4 is 15.0 Å². The number of piperidine rings is 1. The van der Waals surface area contributed by atoms with Crippen molar-refractivity contribution >= 4 is 16.7 Å². The molecule has 2 unspecified atom stereocenters.